The van der Waals surface area contributed by atoms with Crippen molar-refractivity contribution >= 4 is 27.3 Å². The molecule has 0 saturated heterocycles. The molecule has 88 valence electrons. The van der Waals surface area contributed by atoms with Gasteiger partial charge in [-0.1, -0.05) is 22.4 Å². The van der Waals surface area contributed by atoms with E-state index >= 15 is 0 Å². The third kappa shape index (κ3) is 2.50. The Morgan fingerprint density at radius 3 is 2.94 bits per heavy atom. The summed E-state index contributed by atoms with van der Waals surface area (Å²) in [5.74, 6) is 0.364. The number of halogens is 1. The zero-order chi connectivity index (χ0) is 11.5. The van der Waals surface area contributed by atoms with Gasteiger partial charge in [0.15, 0.2) is 0 Å². The molecule has 0 heterocycles. The van der Waals surface area contributed by atoms with Crippen LogP contribution >= 0.6 is 15.9 Å². The summed E-state index contributed by atoms with van der Waals surface area (Å²) < 4.78 is 0.987. The molecule has 1 aromatic rings. The largest absolute Gasteiger partial charge is 0.397 e. The number of aliphatic hydroxyl groups excluding tert-OH is 1. The minimum absolute atomic E-state index is 0.258. The Hall–Kier alpha value is -0.740. The van der Waals surface area contributed by atoms with Crippen LogP contribution in [0.5, 0.6) is 0 Å². The molecule has 16 heavy (non-hydrogen) atoms. The lowest BCUT2D eigenvalue weighted by Crippen LogP contribution is -2.26. The second-order valence-electron chi connectivity index (χ2n) is 4.36. The SMILES string of the molecule is Nc1cc(Br)ccc1NC1CCCC1CO. The van der Waals surface area contributed by atoms with Crippen molar-refractivity contribution in [2.75, 3.05) is 17.7 Å². The fourth-order valence-corrected chi connectivity index (χ4v) is 2.69. The lowest BCUT2D eigenvalue weighted by atomic mass is 10.0. The van der Waals surface area contributed by atoms with Crippen molar-refractivity contribution in [1.82, 2.24) is 0 Å². The molecule has 0 aliphatic heterocycles. The maximum Gasteiger partial charge on any atom is 0.0576 e. The van der Waals surface area contributed by atoms with Crippen LogP contribution in [0.2, 0.25) is 0 Å². The lowest BCUT2D eigenvalue weighted by Gasteiger charge is -2.21. The topological polar surface area (TPSA) is 58.3 Å². The van der Waals surface area contributed by atoms with Crippen molar-refractivity contribution in [3.8, 4) is 0 Å². The highest BCUT2D eigenvalue weighted by molar-refractivity contribution is 9.10. The number of hydrogen-bond acceptors (Lipinski definition) is 3. The van der Waals surface area contributed by atoms with E-state index in [9.17, 15) is 5.11 Å². The van der Waals surface area contributed by atoms with E-state index in [2.05, 4.69) is 21.2 Å². The van der Waals surface area contributed by atoms with Crippen LogP contribution in [0.4, 0.5) is 11.4 Å². The number of rotatable bonds is 3. The Labute approximate surface area is 104 Å². The standard InChI is InChI=1S/C12H17BrN2O/c13-9-4-5-12(10(14)6-9)15-11-3-1-2-8(11)7-16/h4-6,8,11,15-16H,1-3,7,14H2. The van der Waals surface area contributed by atoms with Crippen LogP contribution in [0.3, 0.4) is 0 Å². The Bertz CT molecular complexity index is 370. The fraction of sp³-hybridized carbons (Fsp3) is 0.500. The molecule has 2 unspecified atom stereocenters. The number of anilines is 2. The molecule has 2 rings (SSSR count). The maximum absolute atomic E-state index is 9.25. The van der Waals surface area contributed by atoms with E-state index in [1.165, 1.54) is 6.42 Å². The average molecular weight is 285 g/mol. The molecule has 0 spiro atoms. The van der Waals surface area contributed by atoms with E-state index in [0.29, 0.717) is 12.0 Å². The molecule has 0 radical (unpaired) electrons. The third-order valence-corrected chi connectivity index (χ3v) is 3.74. The molecule has 1 fully saturated rings. The van der Waals surface area contributed by atoms with Gasteiger partial charge in [0.1, 0.15) is 0 Å². The molecule has 3 nitrogen and oxygen atoms in total. The summed E-state index contributed by atoms with van der Waals surface area (Å²) in [6, 6.07) is 6.20. The number of aliphatic hydroxyl groups is 1. The number of hydrogen-bond donors (Lipinski definition) is 3. The van der Waals surface area contributed by atoms with Gasteiger partial charge in [-0.05, 0) is 31.0 Å². The highest BCUT2D eigenvalue weighted by Gasteiger charge is 2.26. The predicted molar refractivity (Wildman–Crippen MR) is 70.4 cm³/mol. The summed E-state index contributed by atoms with van der Waals surface area (Å²) >= 11 is 3.39. The predicted octanol–water partition coefficient (Wildman–Crippen LogP) is 2.60. The second kappa shape index (κ2) is 5.06. The van der Waals surface area contributed by atoms with Crippen LogP contribution in [0.25, 0.3) is 0 Å². The van der Waals surface area contributed by atoms with Gasteiger partial charge in [0, 0.05) is 23.0 Å². The van der Waals surface area contributed by atoms with Crippen LogP contribution in [0.15, 0.2) is 22.7 Å². The average Bonchev–Trinajstić information content (AvgIpc) is 2.69. The van der Waals surface area contributed by atoms with Gasteiger partial charge in [-0.3, -0.25) is 0 Å². The van der Waals surface area contributed by atoms with Crippen molar-refractivity contribution in [3.05, 3.63) is 22.7 Å². The molecule has 0 amide bonds. The van der Waals surface area contributed by atoms with Crippen molar-refractivity contribution in [1.29, 1.82) is 0 Å². The quantitative estimate of drug-likeness (QED) is 0.748. The zero-order valence-corrected chi connectivity index (χ0v) is 10.7. The van der Waals surface area contributed by atoms with Crippen molar-refractivity contribution < 1.29 is 5.11 Å². The van der Waals surface area contributed by atoms with E-state index in [-0.39, 0.29) is 6.61 Å². The summed E-state index contributed by atoms with van der Waals surface area (Å²) in [6.45, 7) is 0.258. The van der Waals surface area contributed by atoms with Crippen molar-refractivity contribution in [3.63, 3.8) is 0 Å². The van der Waals surface area contributed by atoms with Gasteiger partial charge in [-0.15, -0.1) is 0 Å². The normalized spacial score (nSPS) is 24.6. The summed E-state index contributed by atoms with van der Waals surface area (Å²) in [7, 11) is 0. The molecule has 2 atom stereocenters. The van der Waals surface area contributed by atoms with Gasteiger partial charge < -0.3 is 16.2 Å². The Balaban J connectivity index is 2.08. The molecular formula is C12H17BrN2O. The molecular weight excluding hydrogens is 268 g/mol. The first-order valence-electron chi connectivity index (χ1n) is 5.63. The van der Waals surface area contributed by atoms with Gasteiger partial charge >= 0.3 is 0 Å². The number of nitrogens with one attached hydrogen (secondary N) is 1. The van der Waals surface area contributed by atoms with Crippen LogP contribution in [-0.4, -0.2) is 17.8 Å². The monoisotopic (exact) mass is 284 g/mol. The minimum atomic E-state index is 0.258. The van der Waals surface area contributed by atoms with Crippen LogP contribution < -0.4 is 11.1 Å². The number of benzene rings is 1. The fourth-order valence-electron chi connectivity index (χ4n) is 2.31. The smallest absolute Gasteiger partial charge is 0.0576 e. The van der Waals surface area contributed by atoms with Gasteiger partial charge in [0.25, 0.3) is 0 Å². The van der Waals surface area contributed by atoms with Gasteiger partial charge in [0.05, 0.1) is 11.4 Å². The first-order valence-corrected chi connectivity index (χ1v) is 6.42. The van der Waals surface area contributed by atoms with Crippen molar-refractivity contribution in [2.24, 2.45) is 5.92 Å². The van der Waals surface area contributed by atoms with Crippen LogP contribution in [0.1, 0.15) is 19.3 Å². The third-order valence-electron chi connectivity index (χ3n) is 3.25. The summed E-state index contributed by atoms with van der Waals surface area (Å²) in [4.78, 5) is 0. The van der Waals surface area contributed by atoms with E-state index in [0.717, 1.165) is 28.7 Å². The number of nitrogens with two attached hydrogens (primary N) is 1. The molecule has 1 aliphatic carbocycles. The van der Waals surface area contributed by atoms with Crippen LogP contribution in [-0.2, 0) is 0 Å². The molecule has 1 saturated carbocycles. The lowest BCUT2D eigenvalue weighted by molar-refractivity contribution is 0.222. The van der Waals surface area contributed by atoms with E-state index in [4.69, 9.17) is 5.73 Å². The minimum Gasteiger partial charge on any atom is -0.397 e. The highest BCUT2D eigenvalue weighted by Crippen LogP contribution is 2.31. The van der Waals surface area contributed by atoms with Crippen molar-refractivity contribution in [2.45, 2.75) is 25.3 Å². The van der Waals surface area contributed by atoms with E-state index in [1.807, 2.05) is 18.2 Å². The second-order valence-corrected chi connectivity index (χ2v) is 5.27. The van der Waals surface area contributed by atoms with Gasteiger partial charge in [-0.25, -0.2) is 0 Å². The summed E-state index contributed by atoms with van der Waals surface area (Å²) in [6.07, 6.45) is 3.39. The Morgan fingerprint density at radius 2 is 2.25 bits per heavy atom. The molecule has 4 N–H and O–H groups in total. The Morgan fingerprint density at radius 1 is 1.44 bits per heavy atom. The molecule has 1 aromatic carbocycles. The van der Waals surface area contributed by atoms with Gasteiger partial charge in [-0.2, -0.15) is 0 Å². The molecule has 1 aliphatic rings. The summed E-state index contributed by atoms with van der Waals surface area (Å²) in [5, 5.41) is 12.7. The summed E-state index contributed by atoms with van der Waals surface area (Å²) in [5.41, 5.74) is 7.65. The first kappa shape index (κ1) is 11.7. The van der Waals surface area contributed by atoms with E-state index in [1.54, 1.807) is 0 Å². The molecule has 4 heteroatoms. The van der Waals surface area contributed by atoms with E-state index < -0.39 is 0 Å². The van der Waals surface area contributed by atoms with Gasteiger partial charge in [0.2, 0.25) is 0 Å². The number of nitrogen functional groups attached to an aromatic ring is 1. The first-order chi connectivity index (χ1) is 7.70. The maximum atomic E-state index is 9.25. The van der Waals surface area contributed by atoms with Crippen LogP contribution in [0, 0.1) is 5.92 Å². The molecule has 0 aromatic heterocycles. The highest BCUT2D eigenvalue weighted by atomic mass is 79.9. The Kier molecular flexibility index (Phi) is 3.71. The zero-order valence-electron chi connectivity index (χ0n) is 9.12. The molecule has 0 bridgehead atoms.